The van der Waals surface area contributed by atoms with Crippen molar-refractivity contribution in [2.45, 2.75) is 36.9 Å². The maximum atomic E-state index is 3.64. The van der Waals surface area contributed by atoms with Crippen molar-refractivity contribution in [3.8, 4) is 0 Å². The Balaban J connectivity index is 1.67. The molecule has 1 aliphatic rings. The first-order chi connectivity index (χ1) is 7.85. The molecule has 1 fully saturated rings. The molecule has 0 aromatic carbocycles. The first-order valence-corrected chi connectivity index (χ1v) is 8.28. The molecule has 3 heteroatoms. The molecule has 16 heavy (non-hydrogen) atoms. The quantitative estimate of drug-likeness (QED) is 0.780. The minimum atomic E-state index is 0.550. The Morgan fingerprint density at radius 2 is 2.25 bits per heavy atom. The van der Waals surface area contributed by atoms with Crippen LogP contribution in [-0.2, 0) is 6.42 Å². The maximum Gasteiger partial charge on any atom is 0.0281 e. The van der Waals surface area contributed by atoms with Gasteiger partial charge in [0.25, 0.3) is 0 Å². The normalized spacial score (nSPS) is 19.1. The highest BCUT2D eigenvalue weighted by molar-refractivity contribution is 8.00. The highest BCUT2D eigenvalue weighted by Crippen LogP contribution is 2.39. The zero-order valence-corrected chi connectivity index (χ0v) is 11.6. The van der Waals surface area contributed by atoms with Crippen LogP contribution < -0.4 is 5.32 Å². The number of nitrogens with one attached hydrogen (secondary N) is 1. The van der Waals surface area contributed by atoms with E-state index in [0.717, 1.165) is 6.54 Å². The molecule has 0 aliphatic heterocycles. The fourth-order valence-electron chi connectivity index (χ4n) is 2.46. The maximum absolute atomic E-state index is 3.64. The molecule has 0 atom stereocenters. The summed E-state index contributed by atoms with van der Waals surface area (Å²) in [4.78, 5) is 0. The average molecular weight is 255 g/mol. The van der Waals surface area contributed by atoms with Gasteiger partial charge in [0.2, 0.25) is 0 Å². The Bertz CT molecular complexity index is 289. The molecule has 1 saturated carbocycles. The third-order valence-electron chi connectivity index (χ3n) is 3.57. The van der Waals surface area contributed by atoms with Gasteiger partial charge in [-0.3, -0.25) is 0 Å². The van der Waals surface area contributed by atoms with Crippen molar-refractivity contribution in [1.29, 1.82) is 0 Å². The zero-order valence-electron chi connectivity index (χ0n) is 10.00. The number of rotatable bonds is 6. The minimum absolute atomic E-state index is 0.550. The highest BCUT2D eigenvalue weighted by Gasteiger charge is 2.32. The van der Waals surface area contributed by atoms with E-state index in [1.54, 1.807) is 11.3 Å². The van der Waals surface area contributed by atoms with Crippen LogP contribution >= 0.6 is 23.1 Å². The lowest BCUT2D eigenvalue weighted by Gasteiger charge is -2.27. The summed E-state index contributed by atoms with van der Waals surface area (Å²) in [7, 11) is 0. The molecule has 1 nitrogen and oxygen atoms in total. The van der Waals surface area contributed by atoms with E-state index in [0.29, 0.717) is 4.75 Å². The third kappa shape index (κ3) is 3.25. The highest BCUT2D eigenvalue weighted by atomic mass is 32.2. The van der Waals surface area contributed by atoms with Crippen molar-refractivity contribution in [3.05, 3.63) is 22.4 Å². The molecule has 90 valence electrons. The van der Waals surface area contributed by atoms with Crippen molar-refractivity contribution < 1.29 is 0 Å². The summed E-state index contributed by atoms with van der Waals surface area (Å²) in [5, 5.41) is 8.06. The third-order valence-corrected chi connectivity index (χ3v) is 5.72. The molecule has 0 amide bonds. The van der Waals surface area contributed by atoms with Crippen LogP contribution in [0.3, 0.4) is 0 Å². The van der Waals surface area contributed by atoms with Crippen LogP contribution in [0.1, 0.15) is 31.2 Å². The monoisotopic (exact) mass is 255 g/mol. The van der Waals surface area contributed by atoms with E-state index < -0.39 is 0 Å². The smallest absolute Gasteiger partial charge is 0.0281 e. The average Bonchev–Trinajstić information content (AvgIpc) is 2.97. The van der Waals surface area contributed by atoms with Crippen molar-refractivity contribution in [3.63, 3.8) is 0 Å². The lowest BCUT2D eigenvalue weighted by atomic mass is 10.1. The van der Waals surface area contributed by atoms with Crippen LogP contribution in [0.15, 0.2) is 16.8 Å². The van der Waals surface area contributed by atoms with Gasteiger partial charge in [-0.15, -0.1) is 0 Å². The van der Waals surface area contributed by atoms with Crippen LogP contribution in [-0.4, -0.2) is 24.1 Å². The zero-order chi connectivity index (χ0) is 11.3. The number of hydrogen-bond acceptors (Lipinski definition) is 3. The number of hydrogen-bond donors (Lipinski definition) is 1. The summed E-state index contributed by atoms with van der Waals surface area (Å²) in [6.45, 7) is 2.32. The summed E-state index contributed by atoms with van der Waals surface area (Å²) in [5.74, 6) is 0. The van der Waals surface area contributed by atoms with Gasteiger partial charge in [0.1, 0.15) is 0 Å². The van der Waals surface area contributed by atoms with Crippen molar-refractivity contribution in [1.82, 2.24) is 5.32 Å². The van der Waals surface area contributed by atoms with E-state index in [4.69, 9.17) is 0 Å². The summed E-state index contributed by atoms with van der Waals surface area (Å²) in [6.07, 6.45) is 9.10. The second-order valence-electron chi connectivity index (χ2n) is 4.65. The van der Waals surface area contributed by atoms with E-state index in [9.17, 15) is 0 Å². The molecule has 2 rings (SSSR count). The summed E-state index contributed by atoms with van der Waals surface area (Å²) in [6, 6.07) is 2.23. The van der Waals surface area contributed by atoms with Gasteiger partial charge in [0.15, 0.2) is 0 Å². The van der Waals surface area contributed by atoms with Gasteiger partial charge in [-0.05, 0) is 54.5 Å². The summed E-state index contributed by atoms with van der Waals surface area (Å²) >= 11 is 3.86. The topological polar surface area (TPSA) is 12.0 Å². The van der Waals surface area contributed by atoms with Gasteiger partial charge >= 0.3 is 0 Å². The molecule has 0 saturated heterocycles. The predicted octanol–water partition coefficient (Wildman–Crippen LogP) is 3.56. The van der Waals surface area contributed by atoms with E-state index in [-0.39, 0.29) is 0 Å². The first-order valence-electron chi connectivity index (χ1n) is 6.12. The molecule has 0 unspecified atom stereocenters. The molecule has 1 heterocycles. The van der Waals surface area contributed by atoms with Crippen molar-refractivity contribution >= 4 is 23.1 Å². The molecule has 0 radical (unpaired) electrons. The van der Waals surface area contributed by atoms with Crippen LogP contribution in [0.2, 0.25) is 0 Å². The van der Waals surface area contributed by atoms with Crippen molar-refractivity contribution in [2.24, 2.45) is 0 Å². The van der Waals surface area contributed by atoms with E-state index in [1.165, 1.54) is 44.2 Å². The molecule has 1 aromatic heterocycles. The SMILES string of the molecule is CSC1(CNCCc2ccsc2)CCCC1. The Hall–Kier alpha value is 0.01000. The Kier molecular flexibility index (Phi) is 4.74. The molecule has 1 N–H and O–H groups in total. The largest absolute Gasteiger partial charge is 0.315 e. The Morgan fingerprint density at radius 1 is 1.44 bits per heavy atom. The lowest BCUT2D eigenvalue weighted by molar-refractivity contribution is 0.536. The van der Waals surface area contributed by atoms with E-state index in [2.05, 4.69) is 40.2 Å². The first kappa shape index (κ1) is 12.5. The van der Waals surface area contributed by atoms with Gasteiger partial charge in [0.05, 0.1) is 0 Å². The molecule has 1 aromatic rings. The number of thioether (sulfide) groups is 1. The lowest BCUT2D eigenvalue weighted by Crippen LogP contribution is -2.35. The van der Waals surface area contributed by atoms with Crippen LogP contribution in [0.4, 0.5) is 0 Å². The molecule has 0 spiro atoms. The standard InChI is InChI=1S/C13H21NS2/c1-15-13(6-2-3-7-13)11-14-8-4-12-5-9-16-10-12/h5,9-10,14H,2-4,6-8,11H2,1H3. The van der Waals surface area contributed by atoms with Gasteiger partial charge in [-0.25, -0.2) is 0 Å². The molecule has 1 aliphatic carbocycles. The van der Waals surface area contributed by atoms with Gasteiger partial charge in [-0.1, -0.05) is 12.8 Å². The summed E-state index contributed by atoms with van der Waals surface area (Å²) < 4.78 is 0.550. The minimum Gasteiger partial charge on any atom is -0.315 e. The predicted molar refractivity (Wildman–Crippen MR) is 75.6 cm³/mol. The van der Waals surface area contributed by atoms with Gasteiger partial charge < -0.3 is 5.32 Å². The van der Waals surface area contributed by atoms with Crippen molar-refractivity contribution in [2.75, 3.05) is 19.3 Å². The van der Waals surface area contributed by atoms with Crippen LogP contribution in [0.5, 0.6) is 0 Å². The molecular formula is C13H21NS2. The van der Waals surface area contributed by atoms with Gasteiger partial charge in [-0.2, -0.15) is 23.1 Å². The molecular weight excluding hydrogens is 234 g/mol. The van der Waals surface area contributed by atoms with E-state index in [1.807, 2.05) is 0 Å². The Morgan fingerprint density at radius 3 is 2.88 bits per heavy atom. The van der Waals surface area contributed by atoms with Gasteiger partial charge in [0, 0.05) is 11.3 Å². The Labute approximate surface area is 107 Å². The van der Waals surface area contributed by atoms with Crippen LogP contribution in [0, 0.1) is 0 Å². The fourth-order valence-corrected chi connectivity index (χ4v) is 4.10. The van der Waals surface area contributed by atoms with E-state index >= 15 is 0 Å². The summed E-state index contributed by atoms with van der Waals surface area (Å²) in [5.41, 5.74) is 1.47. The van der Waals surface area contributed by atoms with Crippen LogP contribution in [0.25, 0.3) is 0 Å². The second kappa shape index (κ2) is 6.08. The fraction of sp³-hybridized carbons (Fsp3) is 0.692. The molecule has 0 bridgehead atoms. The number of thiophene rings is 1. The second-order valence-corrected chi connectivity index (χ2v) is 6.71.